The molecular formula is C56H47N3. The van der Waals surface area contributed by atoms with Crippen molar-refractivity contribution in [3.05, 3.63) is 210 Å². The molecule has 0 aliphatic heterocycles. The quantitative estimate of drug-likeness (QED) is 0.0811. The second-order valence-corrected chi connectivity index (χ2v) is 15.0. The van der Waals surface area contributed by atoms with Gasteiger partial charge in [0.05, 0.1) is 11.2 Å². The molecular weight excluding hydrogens is 715 g/mol. The van der Waals surface area contributed by atoms with Crippen molar-refractivity contribution < 1.29 is 0 Å². The van der Waals surface area contributed by atoms with Gasteiger partial charge in [0, 0.05) is 40.0 Å². The Hall–Kier alpha value is -7.32. The van der Waals surface area contributed by atoms with Crippen molar-refractivity contribution in [2.24, 2.45) is 0 Å². The predicted molar refractivity (Wildman–Crippen MR) is 256 cm³/mol. The van der Waals surface area contributed by atoms with Gasteiger partial charge in [0.25, 0.3) is 0 Å². The van der Waals surface area contributed by atoms with E-state index in [2.05, 4.69) is 183 Å². The molecule has 0 aliphatic carbocycles. The van der Waals surface area contributed by atoms with Crippen LogP contribution in [-0.2, 0) is 6.42 Å². The predicted octanol–water partition coefficient (Wildman–Crippen LogP) is 14.8. The van der Waals surface area contributed by atoms with Crippen molar-refractivity contribution in [2.45, 2.75) is 33.6 Å². The van der Waals surface area contributed by atoms with E-state index < -0.39 is 0 Å². The average Bonchev–Trinajstić information content (AvgIpc) is 3.27. The molecule has 0 radical (unpaired) electrons. The highest BCUT2D eigenvalue weighted by Gasteiger charge is 2.13. The molecule has 0 saturated carbocycles. The topological polar surface area (TPSA) is 51.8 Å². The van der Waals surface area contributed by atoms with E-state index in [1.54, 1.807) is 0 Å². The van der Waals surface area contributed by atoms with Gasteiger partial charge in [-0.2, -0.15) is 0 Å². The third-order valence-electron chi connectivity index (χ3n) is 11.2. The summed E-state index contributed by atoms with van der Waals surface area (Å²) in [5.74, 6) is 0. The van der Waals surface area contributed by atoms with Crippen LogP contribution in [0.25, 0.3) is 84.2 Å². The monoisotopic (exact) mass is 761 g/mol. The van der Waals surface area contributed by atoms with E-state index in [0.29, 0.717) is 0 Å². The van der Waals surface area contributed by atoms with Gasteiger partial charge in [-0.25, -0.2) is 4.98 Å². The van der Waals surface area contributed by atoms with Gasteiger partial charge >= 0.3 is 0 Å². The number of fused-ring (bicyclic) bond motifs is 3. The Labute approximate surface area is 347 Å². The number of allylic oxidation sites excluding steroid dienone is 5. The Bertz CT molecular complexity index is 3050. The average molecular weight is 762 g/mol. The lowest BCUT2D eigenvalue weighted by molar-refractivity contribution is 0.922. The smallest absolute Gasteiger partial charge is 0.0715 e. The maximum atomic E-state index is 6.63. The zero-order valence-corrected chi connectivity index (χ0v) is 34.0. The number of hydrogen-bond acceptors (Lipinski definition) is 3. The molecule has 0 saturated heterocycles. The normalized spacial score (nSPS) is 11.7. The Balaban J connectivity index is 1.07. The number of rotatable bonds is 11. The van der Waals surface area contributed by atoms with E-state index >= 15 is 0 Å². The van der Waals surface area contributed by atoms with Crippen LogP contribution in [0, 0.1) is 6.92 Å². The summed E-state index contributed by atoms with van der Waals surface area (Å²) in [7, 11) is 0. The van der Waals surface area contributed by atoms with E-state index in [1.165, 1.54) is 11.1 Å². The second kappa shape index (κ2) is 17.0. The highest BCUT2D eigenvalue weighted by atomic mass is 14.7. The summed E-state index contributed by atoms with van der Waals surface area (Å²) >= 11 is 0. The summed E-state index contributed by atoms with van der Waals surface area (Å²) < 4.78 is 0. The molecule has 8 aromatic rings. The molecule has 286 valence electrons. The SMILES string of the molecule is C=C=C(/C=C\c1ccc(-c2ccc3ccc(-c4ccc(C(=C)/C=C\c5ccc(/C=C\C)c(N)c5CCC)c5ccccc45)nc3c2)cc1C)c1cccc2ccncc12. The molecule has 0 fully saturated rings. The molecule has 0 amide bonds. The number of nitrogens with zero attached hydrogens (tertiary/aromatic N) is 2. The third kappa shape index (κ3) is 7.85. The second-order valence-electron chi connectivity index (χ2n) is 15.0. The largest absolute Gasteiger partial charge is 0.398 e. The highest BCUT2D eigenvalue weighted by Crippen LogP contribution is 2.36. The molecule has 0 bridgehead atoms. The van der Waals surface area contributed by atoms with Gasteiger partial charge in [-0.1, -0.05) is 160 Å². The Morgan fingerprint density at radius 2 is 1.47 bits per heavy atom. The van der Waals surface area contributed by atoms with Crippen molar-refractivity contribution in [3.8, 4) is 22.4 Å². The molecule has 0 aliphatic rings. The highest BCUT2D eigenvalue weighted by molar-refractivity contribution is 6.04. The van der Waals surface area contributed by atoms with E-state index in [0.717, 1.165) is 112 Å². The summed E-state index contributed by atoms with van der Waals surface area (Å²) in [5, 5.41) is 5.60. The Kier molecular flexibility index (Phi) is 11.1. The molecule has 0 spiro atoms. The summed E-state index contributed by atoms with van der Waals surface area (Å²) in [6.07, 6.45) is 18.3. The van der Waals surface area contributed by atoms with Crippen LogP contribution < -0.4 is 5.73 Å². The fourth-order valence-electron chi connectivity index (χ4n) is 8.05. The van der Waals surface area contributed by atoms with Crippen LogP contribution in [0.1, 0.15) is 59.2 Å². The van der Waals surface area contributed by atoms with Crippen LogP contribution >= 0.6 is 0 Å². The fourth-order valence-corrected chi connectivity index (χ4v) is 8.05. The van der Waals surface area contributed by atoms with Gasteiger partial charge in [0.1, 0.15) is 0 Å². The standard InChI is InChI=1S/C56H47N3/c1-6-12-44-25-23-42(49(13-7-2)56(44)57)19-18-37(4)47-29-30-52(51-16-10-9-15-50(47)51)54-31-28-43-24-27-46(35-55(43)59-54)45-26-22-40(38(5)34-45)21-20-39(8-3)48-17-11-14-41-32-33-58-36-53(41)48/h6,9-12,14-36H,3-4,7,13,57H2,1-2,5H3/b12-6-,19-18-,21-20-. The number of anilines is 1. The van der Waals surface area contributed by atoms with Gasteiger partial charge < -0.3 is 5.73 Å². The lowest BCUT2D eigenvalue weighted by Gasteiger charge is -2.14. The van der Waals surface area contributed by atoms with Crippen molar-refractivity contribution in [3.63, 3.8) is 0 Å². The zero-order chi connectivity index (χ0) is 40.9. The fraction of sp³-hybridized carbons (Fsp3) is 0.0893. The van der Waals surface area contributed by atoms with Gasteiger partial charge in [0.15, 0.2) is 0 Å². The van der Waals surface area contributed by atoms with Gasteiger partial charge in [-0.15, -0.1) is 5.73 Å². The number of nitrogens with two attached hydrogens (primary N) is 1. The molecule has 3 nitrogen and oxygen atoms in total. The van der Waals surface area contributed by atoms with Crippen molar-refractivity contribution in [2.75, 3.05) is 5.73 Å². The first-order valence-corrected chi connectivity index (χ1v) is 20.2. The molecule has 8 rings (SSSR count). The molecule has 0 unspecified atom stereocenters. The number of benzene rings is 6. The third-order valence-corrected chi connectivity index (χ3v) is 11.2. The summed E-state index contributed by atoms with van der Waals surface area (Å²) in [6.45, 7) is 14.9. The lowest BCUT2D eigenvalue weighted by atomic mass is 9.92. The number of aromatic nitrogens is 2. The van der Waals surface area contributed by atoms with E-state index in [4.69, 9.17) is 10.7 Å². The molecule has 0 atom stereocenters. The van der Waals surface area contributed by atoms with Crippen molar-refractivity contribution >= 4 is 67.5 Å². The number of hydrogen-bond donors (Lipinski definition) is 1. The number of nitrogen functional groups attached to an aromatic ring is 1. The Morgan fingerprint density at radius 3 is 2.29 bits per heavy atom. The summed E-state index contributed by atoms with van der Waals surface area (Å²) in [5.41, 5.74) is 25.6. The van der Waals surface area contributed by atoms with Gasteiger partial charge in [-0.05, 0) is 116 Å². The molecule has 59 heavy (non-hydrogen) atoms. The minimum absolute atomic E-state index is 0.853. The van der Waals surface area contributed by atoms with Gasteiger partial charge in [-0.3, -0.25) is 4.98 Å². The van der Waals surface area contributed by atoms with Crippen LogP contribution in [0.4, 0.5) is 5.69 Å². The molecule has 2 aromatic heterocycles. The zero-order valence-electron chi connectivity index (χ0n) is 34.0. The van der Waals surface area contributed by atoms with Crippen molar-refractivity contribution in [1.29, 1.82) is 0 Å². The first-order chi connectivity index (χ1) is 28.9. The minimum Gasteiger partial charge on any atom is -0.398 e. The number of aryl methyl sites for hydroxylation is 1. The first kappa shape index (κ1) is 38.5. The molecule has 3 heteroatoms. The minimum atomic E-state index is 0.853. The first-order valence-electron chi connectivity index (χ1n) is 20.2. The maximum absolute atomic E-state index is 6.63. The molecule has 6 aromatic carbocycles. The van der Waals surface area contributed by atoms with Crippen LogP contribution in [0.15, 0.2) is 171 Å². The van der Waals surface area contributed by atoms with E-state index in [9.17, 15) is 0 Å². The number of pyridine rings is 2. The van der Waals surface area contributed by atoms with E-state index in [1.807, 2.05) is 31.5 Å². The molecule has 2 heterocycles. The summed E-state index contributed by atoms with van der Waals surface area (Å²) in [4.78, 5) is 9.60. The summed E-state index contributed by atoms with van der Waals surface area (Å²) in [6, 6.07) is 42.9. The van der Waals surface area contributed by atoms with Crippen LogP contribution in [0.3, 0.4) is 0 Å². The Morgan fingerprint density at radius 1 is 0.712 bits per heavy atom. The molecule has 2 N–H and O–H groups in total. The van der Waals surface area contributed by atoms with Crippen LogP contribution in [-0.4, -0.2) is 9.97 Å². The van der Waals surface area contributed by atoms with Crippen LogP contribution in [0.5, 0.6) is 0 Å². The van der Waals surface area contributed by atoms with Gasteiger partial charge in [0.2, 0.25) is 0 Å². The maximum Gasteiger partial charge on any atom is 0.0715 e. The van der Waals surface area contributed by atoms with Crippen molar-refractivity contribution in [1.82, 2.24) is 9.97 Å². The lowest BCUT2D eigenvalue weighted by Crippen LogP contribution is -2.00. The van der Waals surface area contributed by atoms with E-state index in [-0.39, 0.29) is 0 Å². The van der Waals surface area contributed by atoms with Crippen LogP contribution in [0.2, 0.25) is 0 Å².